The molecule has 0 radical (unpaired) electrons. The minimum Gasteiger partial charge on any atom is -0.228 e. The van der Waals surface area contributed by atoms with Crippen LogP contribution >= 0.6 is 0 Å². The van der Waals surface area contributed by atoms with E-state index >= 15 is 0 Å². The molecule has 10 aromatic rings. The first-order valence-corrected chi connectivity index (χ1v) is 19.6. The van der Waals surface area contributed by atoms with Gasteiger partial charge in [-0.3, -0.25) is 0 Å². The van der Waals surface area contributed by atoms with Crippen molar-refractivity contribution in [3.8, 4) is 67.3 Å². The Bertz CT molecular complexity index is 3110. The summed E-state index contributed by atoms with van der Waals surface area (Å²) in [5, 5.41) is 4.88. The van der Waals surface area contributed by atoms with E-state index in [1.54, 1.807) is 0 Å². The van der Waals surface area contributed by atoms with Crippen molar-refractivity contribution in [3.63, 3.8) is 0 Å². The topological polar surface area (TPSA) is 25.8 Å². The minimum atomic E-state index is -0.354. The van der Waals surface area contributed by atoms with Gasteiger partial charge in [0.15, 0.2) is 5.82 Å². The summed E-state index contributed by atoms with van der Waals surface area (Å²) < 4.78 is 0. The van der Waals surface area contributed by atoms with Crippen LogP contribution in [0.15, 0.2) is 206 Å². The van der Waals surface area contributed by atoms with Crippen LogP contribution in [-0.4, -0.2) is 9.97 Å². The Morgan fingerprint density at radius 2 is 0.719 bits per heavy atom. The fraction of sp³-hybridized carbons (Fsp3) is 0.0182. The van der Waals surface area contributed by atoms with E-state index in [4.69, 9.17) is 9.97 Å². The van der Waals surface area contributed by atoms with E-state index in [-0.39, 0.29) is 5.41 Å². The van der Waals surface area contributed by atoms with Gasteiger partial charge >= 0.3 is 0 Å². The lowest BCUT2D eigenvalue weighted by atomic mass is 9.70. The predicted molar refractivity (Wildman–Crippen MR) is 235 cm³/mol. The molecule has 0 amide bonds. The van der Waals surface area contributed by atoms with Gasteiger partial charge in [0.1, 0.15) is 0 Å². The molecule has 2 aliphatic carbocycles. The molecule has 0 aliphatic heterocycles. The zero-order valence-electron chi connectivity index (χ0n) is 31.0. The summed E-state index contributed by atoms with van der Waals surface area (Å²) in [5.74, 6) is 0.723. The highest BCUT2D eigenvalue weighted by Gasteiger charge is 2.51. The van der Waals surface area contributed by atoms with Crippen molar-refractivity contribution in [1.82, 2.24) is 9.97 Å². The highest BCUT2D eigenvalue weighted by molar-refractivity contribution is 6.09. The van der Waals surface area contributed by atoms with Crippen LogP contribution in [0.3, 0.4) is 0 Å². The summed E-state index contributed by atoms with van der Waals surface area (Å²) in [4.78, 5) is 10.1. The van der Waals surface area contributed by atoms with Gasteiger partial charge in [-0.1, -0.05) is 182 Å². The van der Waals surface area contributed by atoms with Gasteiger partial charge < -0.3 is 0 Å². The number of hydrogen-bond acceptors (Lipinski definition) is 2. The number of nitrogens with zero attached hydrogens (tertiary/aromatic N) is 2. The molecule has 1 spiro atoms. The van der Waals surface area contributed by atoms with Gasteiger partial charge in [0.25, 0.3) is 0 Å². The quantitative estimate of drug-likeness (QED) is 0.169. The predicted octanol–water partition coefficient (Wildman–Crippen LogP) is 13.8. The van der Waals surface area contributed by atoms with Crippen LogP contribution in [0.5, 0.6) is 0 Å². The Hall–Kier alpha value is -7.42. The number of fused-ring (bicyclic) bond motifs is 13. The highest BCUT2D eigenvalue weighted by Crippen LogP contribution is 2.63. The molecule has 0 atom stereocenters. The Morgan fingerprint density at radius 3 is 1.32 bits per heavy atom. The molecule has 264 valence electrons. The number of aromatic nitrogens is 2. The van der Waals surface area contributed by atoms with E-state index < -0.39 is 0 Å². The van der Waals surface area contributed by atoms with Gasteiger partial charge in [-0.2, -0.15) is 0 Å². The smallest absolute Gasteiger partial charge is 0.160 e. The fourth-order valence-corrected chi connectivity index (χ4v) is 9.75. The average Bonchev–Trinajstić information content (AvgIpc) is 3.76. The number of rotatable bonds is 4. The summed E-state index contributed by atoms with van der Waals surface area (Å²) in [6, 6.07) is 75.1. The molecule has 0 fully saturated rings. The van der Waals surface area contributed by atoms with Gasteiger partial charge in [-0.25, -0.2) is 9.97 Å². The van der Waals surface area contributed by atoms with Gasteiger partial charge in [-0.05, 0) is 101 Å². The van der Waals surface area contributed by atoms with Crippen molar-refractivity contribution >= 4 is 21.5 Å². The number of hydrogen-bond donors (Lipinski definition) is 0. The van der Waals surface area contributed by atoms with Crippen molar-refractivity contribution in [2.24, 2.45) is 0 Å². The number of benzene rings is 9. The molecule has 2 nitrogen and oxygen atoms in total. The van der Waals surface area contributed by atoms with E-state index in [1.807, 2.05) is 24.3 Å². The molecule has 2 aliphatic rings. The molecular formula is C55H34N2. The van der Waals surface area contributed by atoms with Gasteiger partial charge in [0, 0.05) is 16.7 Å². The van der Waals surface area contributed by atoms with Gasteiger partial charge in [0.2, 0.25) is 0 Å². The summed E-state index contributed by atoms with van der Waals surface area (Å²) in [5.41, 5.74) is 17.8. The summed E-state index contributed by atoms with van der Waals surface area (Å²) in [6.07, 6.45) is 0. The zero-order valence-corrected chi connectivity index (χ0v) is 31.0. The molecule has 0 unspecified atom stereocenters. The van der Waals surface area contributed by atoms with Crippen LogP contribution in [0.4, 0.5) is 0 Å². The lowest BCUT2D eigenvalue weighted by Crippen LogP contribution is -2.25. The van der Waals surface area contributed by atoms with Crippen molar-refractivity contribution in [3.05, 3.63) is 229 Å². The third-order valence-corrected chi connectivity index (χ3v) is 12.3. The van der Waals surface area contributed by atoms with Crippen molar-refractivity contribution in [2.75, 3.05) is 0 Å². The standard InChI is InChI=1S/C55H34N2/c1-3-13-35(14-4-1)52-34-53(57-54(56-52)36-15-5-2-6-16-36)41-27-29-43-40(32-41)24-23-39-31-37(25-28-42(39)43)38-26-30-47-46-19-9-12-22-50(46)55(51(47)33-38)48-20-10-7-17-44(48)45-18-8-11-21-49(45)55/h1-34H. The van der Waals surface area contributed by atoms with E-state index in [1.165, 1.54) is 77.2 Å². The Kier molecular flexibility index (Phi) is 6.88. The van der Waals surface area contributed by atoms with Crippen LogP contribution in [0.1, 0.15) is 22.3 Å². The molecule has 12 rings (SSSR count). The van der Waals surface area contributed by atoms with Gasteiger partial charge in [0.05, 0.1) is 16.8 Å². The normalized spacial score (nSPS) is 13.1. The van der Waals surface area contributed by atoms with Crippen molar-refractivity contribution in [2.45, 2.75) is 5.41 Å². The van der Waals surface area contributed by atoms with Crippen LogP contribution in [0.25, 0.3) is 88.8 Å². The second kappa shape index (κ2) is 12.3. The minimum absolute atomic E-state index is 0.354. The molecule has 1 aromatic heterocycles. The Balaban J connectivity index is 0.967. The molecule has 2 heteroatoms. The largest absolute Gasteiger partial charge is 0.228 e. The molecule has 0 saturated heterocycles. The van der Waals surface area contributed by atoms with Crippen molar-refractivity contribution in [1.29, 1.82) is 0 Å². The van der Waals surface area contributed by atoms with Crippen molar-refractivity contribution < 1.29 is 0 Å². The first-order chi connectivity index (χ1) is 28.2. The van der Waals surface area contributed by atoms with Crippen LogP contribution in [0, 0.1) is 0 Å². The maximum absolute atomic E-state index is 5.09. The fourth-order valence-electron chi connectivity index (χ4n) is 9.75. The molecular weight excluding hydrogens is 689 g/mol. The van der Waals surface area contributed by atoms with Gasteiger partial charge in [-0.15, -0.1) is 0 Å². The molecule has 0 saturated carbocycles. The Morgan fingerprint density at radius 1 is 0.281 bits per heavy atom. The summed E-state index contributed by atoms with van der Waals surface area (Å²) in [6.45, 7) is 0. The third kappa shape index (κ3) is 4.71. The summed E-state index contributed by atoms with van der Waals surface area (Å²) >= 11 is 0. The van der Waals surface area contributed by atoms with Crippen LogP contribution in [-0.2, 0) is 5.41 Å². The SMILES string of the molecule is c1ccc(-c2cc(-c3ccc4c(ccc5cc(-c6ccc7c(c6)C6(c8ccccc8-c8ccccc86)c6ccccc6-7)ccc54)c3)nc(-c3ccccc3)n2)cc1. The second-order valence-electron chi connectivity index (χ2n) is 15.3. The Labute approximate surface area is 331 Å². The summed E-state index contributed by atoms with van der Waals surface area (Å²) in [7, 11) is 0. The van der Waals surface area contributed by atoms with E-state index in [2.05, 4.69) is 182 Å². The zero-order chi connectivity index (χ0) is 37.5. The van der Waals surface area contributed by atoms with E-state index in [9.17, 15) is 0 Å². The monoisotopic (exact) mass is 722 g/mol. The van der Waals surface area contributed by atoms with E-state index in [0.717, 1.165) is 33.9 Å². The highest BCUT2D eigenvalue weighted by atomic mass is 14.9. The molecule has 1 heterocycles. The molecule has 0 N–H and O–H groups in total. The lowest BCUT2D eigenvalue weighted by Gasteiger charge is -2.30. The second-order valence-corrected chi connectivity index (χ2v) is 15.3. The van der Waals surface area contributed by atoms with E-state index in [0.29, 0.717) is 0 Å². The molecule has 57 heavy (non-hydrogen) atoms. The maximum atomic E-state index is 5.09. The van der Waals surface area contributed by atoms with Crippen LogP contribution < -0.4 is 0 Å². The lowest BCUT2D eigenvalue weighted by molar-refractivity contribution is 0.794. The third-order valence-electron chi connectivity index (χ3n) is 12.3. The first kappa shape index (κ1) is 31.9. The molecule has 0 bridgehead atoms. The average molecular weight is 723 g/mol. The van der Waals surface area contributed by atoms with Crippen LogP contribution in [0.2, 0.25) is 0 Å². The maximum Gasteiger partial charge on any atom is 0.160 e. The molecule has 9 aromatic carbocycles. The first-order valence-electron chi connectivity index (χ1n) is 19.6.